The van der Waals surface area contributed by atoms with E-state index >= 15 is 0 Å². The number of thiocarbonyl (C=S) groups is 1. The summed E-state index contributed by atoms with van der Waals surface area (Å²) in [4.78, 5) is 5.54. The summed E-state index contributed by atoms with van der Waals surface area (Å²) in [5.41, 5.74) is 7.90. The third-order valence-electron chi connectivity index (χ3n) is 5.60. The molecule has 0 radical (unpaired) electrons. The number of alkyl halides is 3. The number of hydrogen-bond acceptors (Lipinski definition) is 5. The molecule has 0 atom stereocenters. The lowest BCUT2D eigenvalue weighted by Gasteiger charge is -2.14. The van der Waals surface area contributed by atoms with E-state index in [1.165, 1.54) is 12.1 Å². The zero-order valence-electron chi connectivity index (χ0n) is 20.2. The van der Waals surface area contributed by atoms with Crippen LogP contribution >= 0.6 is 12.2 Å². The normalized spacial score (nSPS) is 14.2. The Labute approximate surface area is 218 Å². The molecule has 2 N–H and O–H groups in total. The van der Waals surface area contributed by atoms with Crippen molar-refractivity contribution in [2.24, 2.45) is 10.3 Å². The van der Waals surface area contributed by atoms with Crippen molar-refractivity contribution in [1.82, 2.24) is 5.43 Å². The molecule has 1 aliphatic rings. The van der Waals surface area contributed by atoms with E-state index in [0.717, 1.165) is 27.9 Å². The van der Waals surface area contributed by atoms with Gasteiger partial charge in [0, 0.05) is 11.3 Å². The molecule has 6 nitrogen and oxygen atoms in total. The zero-order chi connectivity index (χ0) is 26.4. The van der Waals surface area contributed by atoms with Gasteiger partial charge in [-0.15, -0.1) is 13.2 Å². The molecule has 0 unspecified atom stereocenters. The Morgan fingerprint density at radius 2 is 1.73 bits per heavy atom. The first-order chi connectivity index (χ1) is 17.7. The molecule has 0 amide bonds. The minimum atomic E-state index is -4.72. The summed E-state index contributed by atoms with van der Waals surface area (Å²) in [5.74, 6) is 0.637. The maximum Gasteiger partial charge on any atom is 0.573 e. The molecule has 37 heavy (non-hydrogen) atoms. The summed E-state index contributed by atoms with van der Waals surface area (Å²) in [5, 5.41) is 11.9. The fraction of sp³-hybridized carbons (Fsp3) is 0.222. The molecule has 0 aromatic heterocycles. The lowest BCUT2D eigenvalue weighted by molar-refractivity contribution is -0.274. The van der Waals surface area contributed by atoms with Crippen LogP contribution in [0, 0.1) is 0 Å². The monoisotopic (exact) mass is 526 g/mol. The number of aryl methyl sites for hydroxylation is 1. The van der Waals surface area contributed by atoms with Gasteiger partial charge in [-0.3, -0.25) is 5.43 Å². The molecule has 0 bridgehead atoms. The van der Waals surface area contributed by atoms with Crippen LogP contribution in [0.2, 0.25) is 0 Å². The fourth-order valence-electron chi connectivity index (χ4n) is 3.89. The van der Waals surface area contributed by atoms with Gasteiger partial charge in [-0.1, -0.05) is 37.2 Å². The minimum Gasteiger partial charge on any atom is -0.406 e. The van der Waals surface area contributed by atoms with Crippen LogP contribution in [0.25, 0.3) is 0 Å². The van der Waals surface area contributed by atoms with Crippen molar-refractivity contribution >= 4 is 34.9 Å². The van der Waals surface area contributed by atoms with E-state index in [1.54, 1.807) is 24.4 Å². The Hall–Kier alpha value is -3.92. The topological polar surface area (TPSA) is 67.2 Å². The molecule has 192 valence electrons. The lowest BCUT2D eigenvalue weighted by Crippen LogP contribution is -2.24. The third-order valence-corrected chi connectivity index (χ3v) is 5.80. The van der Waals surface area contributed by atoms with Crippen LogP contribution in [0.5, 0.6) is 11.5 Å². The van der Waals surface area contributed by atoms with Crippen molar-refractivity contribution in [3.63, 3.8) is 0 Å². The number of benzene rings is 3. The molecule has 0 spiro atoms. The summed E-state index contributed by atoms with van der Waals surface area (Å²) < 4.78 is 41.3. The highest BCUT2D eigenvalue weighted by Crippen LogP contribution is 2.30. The quantitative estimate of drug-likeness (QED) is 0.202. The van der Waals surface area contributed by atoms with Crippen molar-refractivity contribution in [1.29, 1.82) is 0 Å². The number of ether oxygens (including phenoxy) is 1. The Morgan fingerprint density at radius 1 is 1.00 bits per heavy atom. The number of anilines is 1. The molecule has 10 heteroatoms. The van der Waals surface area contributed by atoms with Gasteiger partial charge in [0.05, 0.1) is 11.9 Å². The van der Waals surface area contributed by atoms with Gasteiger partial charge in [-0.25, -0.2) is 0 Å². The number of hydrogen-bond donors (Lipinski definition) is 2. The summed E-state index contributed by atoms with van der Waals surface area (Å²) >= 11 is 5.34. The van der Waals surface area contributed by atoms with Crippen molar-refractivity contribution in [3.8, 4) is 11.5 Å². The molecule has 0 saturated heterocycles. The number of para-hydroxylation sites is 1. The molecular weight excluding hydrogens is 501 g/mol. The predicted octanol–water partition coefficient (Wildman–Crippen LogP) is 6.76. The molecular formula is C27H25F3N4O2S. The molecule has 4 rings (SSSR count). The number of nitrogens with zero attached hydrogens (tertiary/aromatic N) is 2. The molecule has 1 aliphatic carbocycles. The second kappa shape index (κ2) is 11.4. The minimum absolute atomic E-state index is 0.239. The summed E-state index contributed by atoms with van der Waals surface area (Å²) in [6.45, 7) is 4.24. The number of halogens is 3. The van der Waals surface area contributed by atoms with Gasteiger partial charge >= 0.3 is 6.36 Å². The third kappa shape index (κ3) is 7.29. The zero-order valence-corrected chi connectivity index (χ0v) is 21.0. The highest BCUT2D eigenvalue weighted by atomic mass is 32.1. The molecule has 0 saturated carbocycles. The first-order valence-electron chi connectivity index (χ1n) is 11.6. The molecule has 3 aromatic rings. The van der Waals surface area contributed by atoms with Crippen molar-refractivity contribution < 1.29 is 22.7 Å². The van der Waals surface area contributed by atoms with Crippen LogP contribution < -0.4 is 20.3 Å². The molecule has 0 heterocycles. The van der Waals surface area contributed by atoms with Crippen molar-refractivity contribution in [3.05, 3.63) is 89.0 Å². The van der Waals surface area contributed by atoms with E-state index in [4.69, 9.17) is 17.1 Å². The van der Waals surface area contributed by atoms with E-state index in [1.807, 2.05) is 30.3 Å². The first kappa shape index (κ1) is 26.2. The van der Waals surface area contributed by atoms with Crippen molar-refractivity contribution in [2.75, 3.05) is 5.32 Å². The number of nitrogens with one attached hydrogen (secondary N) is 2. The molecule has 0 aliphatic heterocycles. The maximum absolute atomic E-state index is 12.4. The average Bonchev–Trinajstić information content (AvgIpc) is 3.25. The number of oxime groups is 1. The van der Waals surface area contributed by atoms with E-state index in [2.05, 4.69) is 45.7 Å². The van der Waals surface area contributed by atoms with Gasteiger partial charge in [0.2, 0.25) is 0 Å². The predicted molar refractivity (Wildman–Crippen MR) is 143 cm³/mol. The highest BCUT2D eigenvalue weighted by molar-refractivity contribution is 7.80. The molecule has 0 fully saturated rings. The molecule has 3 aromatic carbocycles. The Balaban J connectivity index is 1.30. The Kier molecular flexibility index (Phi) is 8.08. The van der Waals surface area contributed by atoms with Gasteiger partial charge in [-0.2, -0.15) is 5.10 Å². The van der Waals surface area contributed by atoms with Gasteiger partial charge in [-0.05, 0) is 96.2 Å². The fourth-order valence-corrected chi connectivity index (χ4v) is 4.05. The van der Waals surface area contributed by atoms with Crippen LogP contribution in [-0.2, 0) is 6.42 Å². The second-order valence-corrected chi connectivity index (χ2v) is 9.04. The van der Waals surface area contributed by atoms with Crippen LogP contribution in [0.3, 0.4) is 0 Å². The van der Waals surface area contributed by atoms with Crippen molar-refractivity contribution in [2.45, 2.75) is 39.0 Å². The van der Waals surface area contributed by atoms with E-state index in [-0.39, 0.29) is 5.75 Å². The van der Waals surface area contributed by atoms with E-state index < -0.39 is 6.36 Å². The van der Waals surface area contributed by atoms with Crippen LogP contribution in [0.1, 0.15) is 48.4 Å². The smallest absolute Gasteiger partial charge is 0.406 e. The van der Waals surface area contributed by atoms with Crippen LogP contribution in [0.4, 0.5) is 18.9 Å². The first-order valence-corrected chi connectivity index (χ1v) is 12.0. The maximum atomic E-state index is 12.4. The lowest BCUT2D eigenvalue weighted by atomic mass is 10.0. The second-order valence-electron chi connectivity index (χ2n) is 8.63. The summed E-state index contributed by atoms with van der Waals surface area (Å²) in [7, 11) is 0. The van der Waals surface area contributed by atoms with Gasteiger partial charge in [0.15, 0.2) is 10.9 Å². The SMILES string of the molecule is CC(C)c1ccccc1NC(=S)N/N=C/c1ccc(O/N=C2\CCc3cc(OC(F)(F)F)ccc32)cc1. The Bertz CT molecular complexity index is 1320. The number of rotatable bonds is 7. The van der Waals surface area contributed by atoms with Gasteiger partial charge in [0.1, 0.15) is 5.75 Å². The Morgan fingerprint density at radius 3 is 2.46 bits per heavy atom. The number of hydrazone groups is 1. The average molecular weight is 527 g/mol. The highest BCUT2D eigenvalue weighted by Gasteiger charge is 2.31. The number of fused-ring (bicyclic) bond motifs is 1. The summed E-state index contributed by atoms with van der Waals surface area (Å²) in [6.07, 6.45) is -1.96. The van der Waals surface area contributed by atoms with Gasteiger partial charge in [0.25, 0.3) is 0 Å². The van der Waals surface area contributed by atoms with E-state index in [9.17, 15) is 13.2 Å². The van der Waals surface area contributed by atoms with Crippen LogP contribution in [0.15, 0.2) is 77.0 Å². The largest absolute Gasteiger partial charge is 0.573 e. The summed E-state index contributed by atoms with van der Waals surface area (Å²) in [6, 6.07) is 19.3. The standard InChI is InChI=1S/C27H25F3N4O2S/c1-17(2)22-5-3-4-6-24(22)32-26(37)33-31-16-18-7-10-20(11-8-18)36-34-25-14-9-19-15-21(12-13-23(19)25)35-27(28,29)30/h3-8,10-13,15-17H,9,14H2,1-2H3,(H2,32,33,37)/b31-16+,34-25+. The van der Waals surface area contributed by atoms with Crippen LogP contribution in [-0.4, -0.2) is 23.4 Å². The van der Waals surface area contributed by atoms with Gasteiger partial charge < -0.3 is 14.9 Å². The van der Waals surface area contributed by atoms with E-state index in [0.29, 0.717) is 35.3 Å².